The molecule has 0 aromatic heterocycles. The first-order valence-electron chi connectivity index (χ1n) is 5.97. The van der Waals surface area contributed by atoms with E-state index in [4.69, 9.17) is 0 Å². The van der Waals surface area contributed by atoms with Crippen molar-refractivity contribution in [2.75, 3.05) is 37.6 Å². The van der Waals surface area contributed by atoms with Gasteiger partial charge in [-0.15, -0.1) is 0 Å². The molecule has 4 heteroatoms. The molecule has 17 heavy (non-hydrogen) atoms. The van der Waals surface area contributed by atoms with E-state index in [0.29, 0.717) is 11.3 Å². The highest BCUT2D eigenvalue weighted by atomic mass is 19.1. The number of hydrogen-bond acceptors (Lipinski definition) is 3. The Balaban J connectivity index is 2.20. The van der Waals surface area contributed by atoms with E-state index in [1.807, 2.05) is 4.90 Å². The molecule has 0 radical (unpaired) electrons. The van der Waals surface area contributed by atoms with Crippen molar-refractivity contribution < 1.29 is 9.18 Å². The Kier molecular flexibility index (Phi) is 3.74. The number of likely N-dealkylation sites (N-methyl/N-ethyl adjacent to an activating group) is 1. The van der Waals surface area contributed by atoms with Crippen LogP contribution in [0.4, 0.5) is 10.1 Å². The number of anilines is 1. The summed E-state index contributed by atoms with van der Waals surface area (Å²) < 4.78 is 13.8. The van der Waals surface area contributed by atoms with Crippen molar-refractivity contribution >= 4 is 12.0 Å². The summed E-state index contributed by atoms with van der Waals surface area (Å²) >= 11 is 0. The summed E-state index contributed by atoms with van der Waals surface area (Å²) in [7, 11) is 0. The maximum atomic E-state index is 13.8. The van der Waals surface area contributed by atoms with E-state index in [2.05, 4.69) is 11.8 Å². The first-order valence-corrected chi connectivity index (χ1v) is 5.97. The van der Waals surface area contributed by atoms with Crippen molar-refractivity contribution in [3.8, 4) is 0 Å². The summed E-state index contributed by atoms with van der Waals surface area (Å²) in [4.78, 5) is 15.2. The summed E-state index contributed by atoms with van der Waals surface area (Å²) in [6, 6.07) is 4.65. The molecule has 0 saturated carbocycles. The Bertz CT molecular complexity index is 400. The topological polar surface area (TPSA) is 23.6 Å². The van der Waals surface area contributed by atoms with Crippen LogP contribution in [0.1, 0.15) is 17.3 Å². The van der Waals surface area contributed by atoms with Crippen molar-refractivity contribution in [2.45, 2.75) is 6.92 Å². The van der Waals surface area contributed by atoms with Crippen LogP contribution in [0.2, 0.25) is 0 Å². The predicted molar refractivity (Wildman–Crippen MR) is 66.1 cm³/mol. The van der Waals surface area contributed by atoms with E-state index in [0.717, 1.165) is 39.0 Å². The predicted octanol–water partition coefficient (Wildman–Crippen LogP) is 1.78. The number of rotatable bonds is 3. The highest BCUT2D eigenvalue weighted by molar-refractivity contribution is 5.84. The number of hydrogen-bond donors (Lipinski definition) is 0. The number of benzene rings is 1. The standard InChI is InChI=1S/C13H17FN2O/c1-2-15-6-8-16(9-7-15)13-11(10-17)4-3-5-12(13)14/h3-5,10H,2,6-9H2,1H3. The Morgan fingerprint density at radius 2 is 2.00 bits per heavy atom. The Hall–Kier alpha value is -1.42. The molecule has 0 unspecified atom stereocenters. The SMILES string of the molecule is CCN1CCN(c2c(F)cccc2C=O)CC1. The fourth-order valence-electron chi connectivity index (χ4n) is 2.25. The maximum Gasteiger partial charge on any atom is 0.152 e. The minimum absolute atomic E-state index is 0.306. The van der Waals surface area contributed by atoms with Crippen LogP contribution in [0.3, 0.4) is 0 Å². The van der Waals surface area contributed by atoms with Crippen LogP contribution in [0.5, 0.6) is 0 Å². The quantitative estimate of drug-likeness (QED) is 0.747. The van der Waals surface area contributed by atoms with Crippen LogP contribution in [0.15, 0.2) is 18.2 Å². The average molecular weight is 236 g/mol. The normalized spacial score (nSPS) is 17.2. The van der Waals surface area contributed by atoms with Gasteiger partial charge in [0.05, 0.1) is 5.69 Å². The van der Waals surface area contributed by atoms with Crippen molar-refractivity contribution in [2.24, 2.45) is 0 Å². The first-order chi connectivity index (χ1) is 8.26. The fraction of sp³-hybridized carbons (Fsp3) is 0.462. The minimum atomic E-state index is -0.306. The molecule has 1 aliphatic heterocycles. The molecule has 3 nitrogen and oxygen atoms in total. The van der Waals surface area contributed by atoms with E-state index in [-0.39, 0.29) is 5.82 Å². The molecule has 1 heterocycles. The molecule has 1 saturated heterocycles. The highest BCUT2D eigenvalue weighted by Gasteiger charge is 2.20. The average Bonchev–Trinajstić information content (AvgIpc) is 2.38. The summed E-state index contributed by atoms with van der Waals surface area (Å²) in [6.45, 7) is 6.53. The molecule has 0 atom stereocenters. The molecule has 0 N–H and O–H groups in total. The second kappa shape index (κ2) is 5.27. The highest BCUT2D eigenvalue weighted by Crippen LogP contribution is 2.24. The van der Waals surface area contributed by atoms with Gasteiger partial charge in [0.2, 0.25) is 0 Å². The Morgan fingerprint density at radius 1 is 1.29 bits per heavy atom. The third-order valence-electron chi connectivity index (χ3n) is 3.28. The van der Waals surface area contributed by atoms with Gasteiger partial charge in [-0.3, -0.25) is 4.79 Å². The number of carbonyl (C=O) groups is 1. The Morgan fingerprint density at radius 3 is 2.59 bits per heavy atom. The van der Waals surface area contributed by atoms with Crippen molar-refractivity contribution in [3.63, 3.8) is 0 Å². The lowest BCUT2D eigenvalue weighted by Crippen LogP contribution is -2.46. The summed E-state index contributed by atoms with van der Waals surface area (Å²) in [5, 5.41) is 0. The second-order valence-corrected chi connectivity index (χ2v) is 4.22. The summed E-state index contributed by atoms with van der Waals surface area (Å²) in [5.74, 6) is -0.306. The molecule has 0 amide bonds. The van der Waals surface area contributed by atoms with E-state index in [1.165, 1.54) is 6.07 Å². The molecule has 2 rings (SSSR count). The first kappa shape index (κ1) is 12.0. The largest absolute Gasteiger partial charge is 0.366 e. The van der Waals surface area contributed by atoms with E-state index >= 15 is 0 Å². The zero-order chi connectivity index (χ0) is 12.3. The maximum absolute atomic E-state index is 13.8. The number of carbonyl (C=O) groups excluding carboxylic acids is 1. The Labute approximate surface area is 101 Å². The lowest BCUT2D eigenvalue weighted by atomic mass is 10.1. The smallest absolute Gasteiger partial charge is 0.152 e. The number of aldehydes is 1. The minimum Gasteiger partial charge on any atom is -0.366 e. The van der Waals surface area contributed by atoms with Crippen LogP contribution < -0.4 is 4.90 Å². The molecule has 1 aliphatic rings. The summed E-state index contributed by atoms with van der Waals surface area (Å²) in [6.07, 6.45) is 0.727. The van der Waals surface area contributed by atoms with Gasteiger partial charge in [-0.25, -0.2) is 4.39 Å². The van der Waals surface area contributed by atoms with Crippen LogP contribution >= 0.6 is 0 Å². The van der Waals surface area contributed by atoms with Gasteiger partial charge >= 0.3 is 0 Å². The molecule has 0 bridgehead atoms. The van der Waals surface area contributed by atoms with Crippen molar-refractivity contribution in [3.05, 3.63) is 29.6 Å². The second-order valence-electron chi connectivity index (χ2n) is 4.22. The number of nitrogens with zero attached hydrogens (tertiary/aromatic N) is 2. The van der Waals surface area contributed by atoms with Gasteiger partial charge in [0.15, 0.2) is 6.29 Å². The van der Waals surface area contributed by atoms with Crippen LogP contribution in [0.25, 0.3) is 0 Å². The fourth-order valence-corrected chi connectivity index (χ4v) is 2.25. The van der Waals surface area contributed by atoms with Gasteiger partial charge in [-0.2, -0.15) is 0 Å². The molecule has 92 valence electrons. The zero-order valence-electron chi connectivity index (χ0n) is 10.0. The van der Waals surface area contributed by atoms with E-state index in [1.54, 1.807) is 12.1 Å². The molecule has 0 aliphatic carbocycles. The molecular formula is C13H17FN2O. The molecule has 1 aromatic carbocycles. The molecular weight excluding hydrogens is 219 g/mol. The third-order valence-corrected chi connectivity index (χ3v) is 3.28. The zero-order valence-corrected chi connectivity index (χ0v) is 10.0. The van der Waals surface area contributed by atoms with E-state index < -0.39 is 0 Å². The number of para-hydroxylation sites is 1. The molecule has 1 fully saturated rings. The van der Waals surface area contributed by atoms with Crippen molar-refractivity contribution in [1.29, 1.82) is 0 Å². The monoisotopic (exact) mass is 236 g/mol. The van der Waals surface area contributed by atoms with Gasteiger partial charge in [0.1, 0.15) is 5.82 Å². The van der Waals surface area contributed by atoms with E-state index in [9.17, 15) is 9.18 Å². The molecule has 0 spiro atoms. The van der Waals surface area contributed by atoms with Gasteiger partial charge < -0.3 is 9.80 Å². The van der Waals surface area contributed by atoms with Gasteiger partial charge in [-0.05, 0) is 18.7 Å². The third kappa shape index (κ3) is 2.47. The van der Waals surface area contributed by atoms with Gasteiger partial charge in [0, 0.05) is 31.7 Å². The van der Waals surface area contributed by atoms with Gasteiger partial charge in [0.25, 0.3) is 0 Å². The summed E-state index contributed by atoms with van der Waals surface area (Å²) in [5.41, 5.74) is 0.896. The molecule has 1 aromatic rings. The van der Waals surface area contributed by atoms with Crippen LogP contribution in [0, 0.1) is 5.82 Å². The lowest BCUT2D eigenvalue weighted by molar-refractivity contribution is 0.112. The van der Waals surface area contributed by atoms with Crippen LogP contribution in [-0.4, -0.2) is 43.9 Å². The van der Waals surface area contributed by atoms with Crippen molar-refractivity contribution in [1.82, 2.24) is 4.90 Å². The van der Waals surface area contributed by atoms with Gasteiger partial charge in [-0.1, -0.05) is 13.0 Å². The number of halogens is 1. The lowest BCUT2D eigenvalue weighted by Gasteiger charge is -2.36. The van der Waals surface area contributed by atoms with Crippen LogP contribution in [-0.2, 0) is 0 Å². The number of piperazine rings is 1.